The number of carbonyl (C=O) groups is 2. The molecule has 1 aromatic rings. The van der Waals surface area contributed by atoms with Gasteiger partial charge in [0.25, 0.3) is 5.91 Å². The SMILES string of the molecule is CCOC(=O)CN(C)C(=O)c1ccccc1C#CCN. The van der Waals surface area contributed by atoms with Crippen LogP contribution in [0.4, 0.5) is 0 Å². The Balaban J connectivity index is 2.89. The zero-order chi connectivity index (χ0) is 15.0. The minimum absolute atomic E-state index is 0.0919. The highest BCUT2D eigenvalue weighted by Crippen LogP contribution is 2.10. The Labute approximate surface area is 118 Å². The van der Waals surface area contributed by atoms with Crippen LogP contribution in [0.2, 0.25) is 0 Å². The predicted octanol–water partition coefficient (Wildman–Crippen LogP) is 0.632. The van der Waals surface area contributed by atoms with Crippen molar-refractivity contribution in [2.24, 2.45) is 5.73 Å². The summed E-state index contributed by atoms with van der Waals surface area (Å²) in [6.45, 7) is 2.14. The van der Waals surface area contributed by atoms with Crippen molar-refractivity contribution < 1.29 is 14.3 Å². The molecule has 0 atom stereocenters. The summed E-state index contributed by atoms with van der Waals surface area (Å²) in [5, 5.41) is 0. The van der Waals surface area contributed by atoms with Crippen LogP contribution in [0.3, 0.4) is 0 Å². The zero-order valence-corrected chi connectivity index (χ0v) is 11.7. The van der Waals surface area contributed by atoms with Gasteiger partial charge in [0, 0.05) is 12.6 Å². The molecular weight excluding hydrogens is 256 g/mol. The number of benzene rings is 1. The lowest BCUT2D eigenvalue weighted by atomic mass is 10.1. The van der Waals surface area contributed by atoms with Gasteiger partial charge < -0.3 is 15.4 Å². The molecule has 0 radical (unpaired) electrons. The predicted molar refractivity (Wildman–Crippen MR) is 76.0 cm³/mol. The van der Waals surface area contributed by atoms with Gasteiger partial charge in [0.1, 0.15) is 6.54 Å². The molecule has 2 N–H and O–H groups in total. The second kappa shape index (κ2) is 7.97. The first-order chi connectivity index (χ1) is 9.60. The third-order valence-electron chi connectivity index (χ3n) is 2.50. The molecule has 5 nitrogen and oxygen atoms in total. The summed E-state index contributed by atoms with van der Waals surface area (Å²) in [4.78, 5) is 25.0. The van der Waals surface area contributed by atoms with Gasteiger partial charge in [0.05, 0.1) is 18.7 Å². The molecule has 5 heteroatoms. The molecule has 0 fully saturated rings. The van der Waals surface area contributed by atoms with Gasteiger partial charge in [-0.15, -0.1) is 0 Å². The van der Waals surface area contributed by atoms with Crippen LogP contribution in [0, 0.1) is 11.8 Å². The van der Waals surface area contributed by atoms with Gasteiger partial charge in [0.2, 0.25) is 0 Å². The van der Waals surface area contributed by atoms with Crippen LogP contribution in [0.5, 0.6) is 0 Å². The first-order valence-corrected chi connectivity index (χ1v) is 6.29. The topological polar surface area (TPSA) is 72.6 Å². The Kier molecular flexibility index (Phi) is 6.27. The molecule has 1 rings (SSSR count). The molecule has 0 unspecified atom stereocenters. The number of esters is 1. The fourth-order valence-electron chi connectivity index (χ4n) is 1.60. The van der Waals surface area contributed by atoms with E-state index in [0.717, 1.165) is 0 Å². The summed E-state index contributed by atoms with van der Waals surface area (Å²) in [6.07, 6.45) is 0. The molecule has 0 saturated carbocycles. The van der Waals surface area contributed by atoms with Gasteiger partial charge in [-0.3, -0.25) is 9.59 Å². The maximum absolute atomic E-state index is 12.3. The summed E-state index contributed by atoms with van der Waals surface area (Å²) >= 11 is 0. The summed E-state index contributed by atoms with van der Waals surface area (Å²) < 4.78 is 4.82. The van der Waals surface area contributed by atoms with Gasteiger partial charge in [0.15, 0.2) is 0 Å². The number of rotatable bonds is 4. The van der Waals surface area contributed by atoms with Crippen LogP contribution >= 0.6 is 0 Å². The Bertz CT molecular complexity index is 544. The highest BCUT2D eigenvalue weighted by Gasteiger charge is 2.17. The molecule has 0 aliphatic rings. The normalized spacial score (nSPS) is 9.35. The molecule has 106 valence electrons. The third kappa shape index (κ3) is 4.41. The summed E-state index contributed by atoms with van der Waals surface area (Å²) in [5.41, 5.74) is 6.37. The first-order valence-electron chi connectivity index (χ1n) is 6.29. The van der Waals surface area contributed by atoms with Gasteiger partial charge in [-0.2, -0.15) is 0 Å². The van der Waals surface area contributed by atoms with Crippen LogP contribution in [0.25, 0.3) is 0 Å². The van der Waals surface area contributed by atoms with Crippen molar-refractivity contribution in [3.63, 3.8) is 0 Å². The van der Waals surface area contributed by atoms with Crippen LogP contribution in [-0.4, -0.2) is 43.5 Å². The molecule has 0 heterocycles. The summed E-state index contributed by atoms with van der Waals surface area (Å²) in [6, 6.07) is 6.96. The number of amides is 1. The van der Waals surface area contributed by atoms with E-state index in [1.807, 2.05) is 0 Å². The lowest BCUT2D eigenvalue weighted by molar-refractivity contribution is -0.143. The minimum Gasteiger partial charge on any atom is -0.465 e. The van der Waals surface area contributed by atoms with Crippen molar-refractivity contribution in [2.75, 3.05) is 26.7 Å². The van der Waals surface area contributed by atoms with E-state index in [1.165, 1.54) is 4.90 Å². The minimum atomic E-state index is -0.436. The lowest BCUT2D eigenvalue weighted by Crippen LogP contribution is -2.33. The number of ether oxygens (including phenoxy) is 1. The molecule has 0 bridgehead atoms. The van der Waals surface area contributed by atoms with Crippen molar-refractivity contribution in [1.29, 1.82) is 0 Å². The van der Waals surface area contributed by atoms with Crippen molar-refractivity contribution in [2.45, 2.75) is 6.92 Å². The van der Waals surface area contributed by atoms with Gasteiger partial charge in [-0.25, -0.2) is 0 Å². The Morgan fingerprint density at radius 2 is 2.05 bits per heavy atom. The largest absolute Gasteiger partial charge is 0.465 e. The quantitative estimate of drug-likeness (QED) is 0.645. The summed E-state index contributed by atoms with van der Waals surface area (Å²) in [7, 11) is 1.55. The maximum Gasteiger partial charge on any atom is 0.325 e. The van der Waals surface area contributed by atoms with E-state index in [-0.39, 0.29) is 19.0 Å². The van der Waals surface area contributed by atoms with E-state index in [0.29, 0.717) is 17.7 Å². The lowest BCUT2D eigenvalue weighted by Gasteiger charge is -2.16. The molecular formula is C15H18N2O3. The van der Waals surface area contributed by atoms with Crippen molar-refractivity contribution in [3.05, 3.63) is 35.4 Å². The number of likely N-dealkylation sites (N-methyl/N-ethyl adjacent to an activating group) is 1. The number of nitrogens with two attached hydrogens (primary N) is 1. The number of hydrogen-bond acceptors (Lipinski definition) is 4. The molecule has 0 aliphatic heterocycles. The molecule has 20 heavy (non-hydrogen) atoms. The molecule has 0 spiro atoms. The molecule has 0 saturated heterocycles. The standard InChI is InChI=1S/C15H18N2O3/c1-3-20-14(18)11-17(2)15(19)13-9-5-4-7-12(13)8-6-10-16/h4-5,7,9H,3,10-11,16H2,1-2H3. The monoisotopic (exact) mass is 274 g/mol. The van der Waals surface area contributed by atoms with Gasteiger partial charge in [-0.1, -0.05) is 24.0 Å². The van der Waals surface area contributed by atoms with Crippen LogP contribution in [-0.2, 0) is 9.53 Å². The average Bonchev–Trinajstić information content (AvgIpc) is 2.44. The van der Waals surface area contributed by atoms with Gasteiger partial charge >= 0.3 is 5.97 Å². The van der Waals surface area contributed by atoms with E-state index in [9.17, 15) is 9.59 Å². The fraction of sp³-hybridized carbons (Fsp3) is 0.333. The molecule has 0 aliphatic carbocycles. The second-order valence-electron chi connectivity index (χ2n) is 4.02. The highest BCUT2D eigenvalue weighted by atomic mass is 16.5. The zero-order valence-electron chi connectivity index (χ0n) is 11.7. The number of hydrogen-bond donors (Lipinski definition) is 1. The van der Waals surface area contributed by atoms with Gasteiger partial charge in [-0.05, 0) is 19.1 Å². The Morgan fingerprint density at radius 3 is 2.70 bits per heavy atom. The highest BCUT2D eigenvalue weighted by molar-refractivity contribution is 5.98. The Hall–Kier alpha value is -2.32. The molecule has 0 aromatic heterocycles. The summed E-state index contributed by atoms with van der Waals surface area (Å²) in [5.74, 6) is 4.85. The maximum atomic E-state index is 12.3. The molecule has 1 amide bonds. The third-order valence-corrected chi connectivity index (χ3v) is 2.50. The number of carbonyl (C=O) groups excluding carboxylic acids is 2. The van der Waals surface area contributed by atoms with E-state index in [1.54, 1.807) is 38.2 Å². The molecule has 1 aromatic carbocycles. The van der Waals surface area contributed by atoms with E-state index in [2.05, 4.69) is 11.8 Å². The fourth-order valence-corrected chi connectivity index (χ4v) is 1.60. The second-order valence-corrected chi connectivity index (χ2v) is 4.02. The van der Waals surface area contributed by atoms with E-state index in [4.69, 9.17) is 10.5 Å². The van der Waals surface area contributed by atoms with Crippen LogP contribution in [0.1, 0.15) is 22.8 Å². The average molecular weight is 274 g/mol. The van der Waals surface area contributed by atoms with E-state index < -0.39 is 5.97 Å². The van der Waals surface area contributed by atoms with E-state index >= 15 is 0 Å². The Morgan fingerprint density at radius 1 is 1.35 bits per heavy atom. The van der Waals surface area contributed by atoms with Crippen LogP contribution in [0.15, 0.2) is 24.3 Å². The van der Waals surface area contributed by atoms with Crippen molar-refractivity contribution in [1.82, 2.24) is 4.90 Å². The van der Waals surface area contributed by atoms with Crippen molar-refractivity contribution >= 4 is 11.9 Å². The van der Waals surface area contributed by atoms with Crippen LogP contribution < -0.4 is 5.73 Å². The number of nitrogens with zero attached hydrogens (tertiary/aromatic N) is 1. The first kappa shape index (κ1) is 15.7. The van der Waals surface area contributed by atoms with Crippen molar-refractivity contribution in [3.8, 4) is 11.8 Å². The smallest absolute Gasteiger partial charge is 0.325 e.